The third-order valence-corrected chi connectivity index (χ3v) is 5.46. The number of fused-ring (bicyclic) bond motifs is 2. The Hall–Kier alpha value is -2.96. The van der Waals surface area contributed by atoms with Gasteiger partial charge in [-0.3, -0.25) is 4.79 Å². The third-order valence-electron chi connectivity index (χ3n) is 5.46. The maximum atomic E-state index is 12.7. The number of likely N-dealkylation sites (N-methyl/N-ethyl adjacent to an activating group) is 1. The van der Waals surface area contributed by atoms with Crippen molar-refractivity contribution in [1.82, 2.24) is 20.2 Å². The van der Waals surface area contributed by atoms with E-state index in [2.05, 4.69) is 15.3 Å². The SMILES string of the molecule is CC(NC(=O)N1CCc2cncnc2CC1)c1ccc2c(c1)CC(=O)N2C. The van der Waals surface area contributed by atoms with E-state index < -0.39 is 0 Å². The van der Waals surface area contributed by atoms with Gasteiger partial charge in [0.1, 0.15) is 6.33 Å². The van der Waals surface area contributed by atoms with E-state index in [0.717, 1.165) is 40.9 Å². The zero-order valence-corrected chi connectivity index (χ0v) is 15.6. The molecule has 0 radical (unpaired) electrons. The van der Waals surface area contributed by atoms with Crippen LogP contribution in [0.15, 0.2) is 30.7 Å². The van der Waals surface area contributed by atoms with Crippen LogP contribution in [0.1, 0.15) is 35.3 Å². The Morgan fingerprint density at radius 1 is 1.22 bits per heavy atom. The molecule has 2 aliphatic heterocycles. The van der Waals surface area contributed by atoms with Crippen LogP contribution in [0.3, 0.4) is 0 Å². The lowest BCUT2D eigenvalue weighted by Crippen LogP contribution is -2.42. The summed E-state index contributed by atoms with van der Waals surface area (Å²) in [6.07, 6.45) is 5.34. The molecular weight excluding hydrogens is 342 g/mol. The number of carbonyl (C=O) groups is 2. The van der Waals surface area contributed by atoms with Gasteiger partial charge in [-0.1, -0.05) is 12.1 Å². The summed E-state index contributed by atoms with van der Waals surface area (Å²) in [7, 11) is 1.79. The second-order valence-electron chi connectivity index (χ2n) is 7.17. The second-order valence-corrected chi connectivity index (χ2v) is 7.17. The average Bonchev–Trinajstić information content (AvgIpc) is 2.84. The molecule has 7 nitrogen and oxygen atoms in total. The maximum Gasteiger partial charge on any atom is 0.317 e. The van der Waals surface area contributed by atoms with Crippen LogP contribution in [0.2, 0.25) is 0 Å². The normalized spacial score (nSPS) is 17.2. The summed E-state index contributed by atoms with van der Waals surface area (Å²) < 4.78 is 0. The van der Waals surface area contributed by atoms with Gasteiger partial charge in [0.15, 0.2) is 0 Å². The minimum atomic E-state index is -0.130. The predicted octanol–water partition coefficient (Wildman–Crippen LogP) is 1.87. The molecule has 3 amide bonds. The van der Waals surface area contributed by atoms with Gasteiger partial charge in [0.2, 0.25) is 5.91 Å². The Morgan fingerprint density at radius 2 is 2.04 bits per heavy atom. The van der Waals surface area contributed by atoms with Gasteiger partial charge in [-0.15, -0.1) is 0 Å². The number of nitrogens with zero attached hydrogens (tertiary/aromatic N) is 4. The third kappa shape index (κ3) is 3.37. The second kappa shape index (κ2) is 6.98. The molecule has 0 saturated heterocycles. The number of amides is 3. The number of hydrogen-bond donors (Lipinski definition) is 1. The summed E-state index contributed by atoms with van der Waals surface area (Å²) in [4.78, 5) is 36.5. The highest BCUT2D eigenvalue weighted by molar-refractivity contribution is 6.00. The highest BCUT2D eigenvalue weighted by Crippen LogP contribution is 2.30. The number of carbonyl (C=O) groups excluding carboxylic acids is 2. The first-order valence-electron chi connectivity index (χ1n) is 9.25. The predicted molar refractivity (Wildman–Crippen MR) is 102 cm³/mol. The Labute approximate surface area is 158 Å². The number of hydrogen-bond acceptors (Lipinski definition) is 4. The molecule has 4 rings (SSSR count). The van der Waals surface area contributed by atoms with Gasteiger partial charge in [0.25, 0.3) is 0 Å². The number of rotatable bonds is 2. The van der Waals surface area contributed by atoms with Crippen LogP contribution in [-0.2, 0) is 24.1 Å². The fourth-order valence-corrected chi connectivity index (χ4v) is 3.75. The van der Waals surface area contributed by atoms with E-state index in [1.165, 1.54) is 0 Å². The van der Waals surface area contributed by atoms with Gasteiger partial charge in [0.05, 0.1) is 12.5 Å². The summed E-state index contributed by atoms with van der Waals surface area (Å²) in [6, 6.07) is 5.76. The van der Waals surface area contributed by atoms with Crippen LogP contribution in [0.25, 0.3) is 0 Å². The van der Waals surface area contributed by atoms with Crippen LogP contribution in [-0.4, -0.2) is 46.9 Å². The molecule has 2 aliphatic rings. The van der Waals surface area contributed by atoms with Crippen molar-refractivity contribution in [3.05, 3.63) is 53.1 Å². The maximum absolute atomic E-state index is 12.7. The van der Waals surface area contributed by atoms with Crippen LogP contribution in [0.5, 0.6) is 0 Å². The van der Waals surface area contributed by atoms with Crippen LogP contribution < -0.4 is 10.2 Å². The fourth-order valence-electron chi connectivity index (χ4n) is 3.75. The molecule has 0 aliphatic carbocycles. The zero-order valence-electron chi connectivity index (χ0n) is 15.6. The van der Waals surface area contributed by atoms with E-state index in [-0.39, 0.29) is 18.0 Å². The standard InChI is InChI=1S/C20H23N5O2/c1-13(14-3-4-18-16(9-14)10-19(26)24(18)2)23-20(27)25-7-5-15-11-21-12-22-17(15)6-8-25/h3-4,9,11-13H,5-8,10H2,1-2H3,(H,23,27). The molecule has 0 saturated carbocycles. The average molecular weight is 365 g/mol. The number of aromatic nitrogens is 2. The molecule has 1 aromatic carbocycles. The van der Waals surface area contributed by atoms with E-state index in [4.69, 9.17) is 0 Å². The van der Waals surface area contributed by atoms with Crippen molar-refractivity contribution in [2.45, 2.75) is 32.2 Å². The summed E-state index contributed by atoms with van der Waals surface area (Å²) >= 11 is 0. The molecular formula is C20H23N5O2. The molecule has 140 valence electrons. The Kier molecular flexibility index (Phi) is 4.51. The van der Waals surface area contributed by atoms with Crippen LogP contribution in [0.4, 0.5) is 10.5 Å². The molecule has 2 aromatic rings. The monoisotopic (exact) mass is 365 g/mol. The van der Waals surface area contributed by atoms with Crippen molar-refractivity contribution < 1.29 is 9.59 Å². The van der Waals surface area contributed by atoms with Crippen molar-refractivity contribution in [2.75, 3.05) is 25.0 Å². The fraction of sp³-hybridized carbons (Fsp3) is 0.400. The Balaban J connectivity index is 1.42. The molecule has 1 aromatic heterocycles. The molecule has 7 heteroatoms. The van der Waals surface area contributed by atoms with Crippen molar-refractivity contribution in [2.24, 2.45) is 0 Å². The lowest BCUT2D eigenvalue weighted by molar-refractivity contribution is -0.117. The number of anilines is 1. The number of urea groups is 1. The molecule has 1 N–H and O–H groups in total. The van der Waals surface area contributed by atoms with E-state index in [1.807, 2.05) is 36.2 Å². The van der Waals surface area contributed by atoms with E-state index in [9.17, 15) is 9.59 Å². The first kappa shape index (κ1) is 17.5. The smallest absolute Gasteiger partial charge is 0.317 e. The largest absolute Gasteiger partial charge is 0.331 e. The van der Waals surface area contributed by atoms with Crippen molar-refractivity contribution in [1.29, 1.82) is 0 Å². The van der Waals surface area contributed by atoms with E-state index in [1.54, 1.807) is 18.3 Å². The first-order chi connectivity index (χ1) is 13.0. The zero-order chi connectivity index (χ0) is 19.0. The Morgan fingerprint density at radius 3 is 2.89 bits per heavy atom. The van der Waals surface area contributed by atoms with Crippen LogP contribution in [0, 0.1) is 0 Å². The van der Waals surface area contributed by atoms with Gasteiger partial charge in [0, 0.05) is 44.1 Å². The van der Waals surface area contributed by atoms with E-state index in [0.29, 0.717) is 19.5 Å². The van der Waals surface area contributed by atoms with Gasteiger partial charge in [-0.25, -0.2) is 14.8 Å². The van der Waals surface area contributed by atoms with Gasteiger partial charge < -0.3 is 15.1 Å². The minimum Gasteiger partial charge on any atom is -0.331 e. The van der Waals surface area contributed by atoms with Gasteiger partial charge in [-0.2, -0.15) is 0 Å². The topological polar surface area (TPSA) is 78.4 Å². The van der Waals surface area contributed by atoms with Crippen molar-refractivity contribution >= 4 is 17.6 Å². The summed E-state index contributed by atoms with van der Waals surface area (Å²) in [5, 5.41) is 3.09. The van der Waals surface area contributed by atoms with Crippen molar-refractivity contribution in [3.8, 4) is 0 Å². The molecule has 3 heterocycles. The molecule has 0 fully saturated rings. The summed E-state index contributed by atoms with van der Waals surface area (Å²) in [5.74, 6) is 0.103. The number of nitrogens with one attached hydrogen (secondary N) is 1. The summed E-state index contributed by atoms with van der Waals surface area (Å²) in [5.41, 5.74) is 5.13. The van der Waals surface area contributed by atoms with Gasteiger partial charge >= 0.3 is 6.03 Å². The summed E-state index contributed by atoms with van der Waals surface area (Å²) in [6.45, 7) is 3.27. The molecule has 0 spiro atoms. The quantitative estimate of drug-likeness (QED) is 0.881. The molecule has 0 bridgehead atoms. The minimum absolute atomic E-state index is 0.0723. The molecule has 1 atom stereocenters. The van der Waals surface area contributed by atoms with Crippen molar-refractivity contribution in [3.63, 3.8) is 0 Å². The van der Waals surface area contributed by atoms with E-state index >= 15 is 0 Å². The highest BCUT2D eigenvalue weighted by atomic mass is 16.2. The first-order valence-corrected chi connectivity index (χ1v) is 9.25. The highest BCUT2D eigenvalue weighted by Gasteiger charge is 2.25. The molecule has 1 unspecified atom stereocenters. The lowest BCUT2D eigenvalue weighted by atomic mass is 10.0. The molecule has 27 heavy (non-hydrogen) atoms. The number of benzene rings is 1. The van der Waals surface area contributed by atoms with Gasteiger partial charge in [-0.05, 0) is 36.1 Å². The lowest BCUT2D eigenvalue weighted by Gasteiger charge is -2.24. The Bertz CT molecular complexity index is 871. The van der Waals surface area contributed by atoms with Crippen LogP contribution >= 0.6 is 0 Å².